The van der Waals surface area contributed by atoms with Crippen molar-refractivity contribution in [3.05, 3.63) is 29.3 Å². The molecule has 0 bridgehead atoms. The Labute approximate surface area is 140 Å². The van der Waals surface area contributed by atoms with Crippen molar-refractivity contribution in [2.75, 3.05) is 24.6 Å². The first-order valence-corrected chi connectivity index (χ1v) is 8.32. The smallest absolute Gasteiger partial charge is 0.324 e. The first kappa shape index (κ1) is 16.1. The first-order valence-electron chi connectivity index (χ1n) is 7.94. The zero-order valence-corrected chi connectivity index (χ0v) is 14.2. The molecule has 1 aliphatic heterocycles. The highest BCUT2D eigenvalue weighted by Crippen LogP contribution is 2.24. The molecule has 3 rings (SSSR count). The Morgan fingerprint density at radius 2 is 2.13 bits per heavy atom. The molecule has 0 atom stereocenters. The van der Waals surface area contributed by atoms with E-state index in [0.717, 1.165) is 37.5 Å². The molecule has 0 radical (unpaired) electrons. The zero-order chi connectivity index (χ0) is 16.2. The van der Waals surface area contributed by atoms with Gasteiger partial charge in [0.25, 0.3) is 0 Å². The summed E-state index contributed by atoms with van der Waals surface area (Å²) in [6.45, 7) is 6.63. The lowest BCUT2D eigenvalue weighted by Gasteiger charge is -2.30. The van der Waals surface area contributed by atoms with E-state index in [1.165, 1.54) is 0 Å². The van der Waals surface area contributed by atoms with Gasteiger partial charge in [0.2, 0.25) is 0 Å². The van der Waals surface area contributed by atoms with Crippen LogP contribution in [0.4, 0.5) is 6.01 Å². The van der Waals surface area contributed by atoms with Crippen molar-refractivity contribution >= 4 is 17.6 Å². The Morgan fingerprint density at radius 3 is 2.74 bits per heavy atom. The molecule has 0 aliphatic carbocycles. The Bertz CT molecular complexity index is 621. The molecule has 1 saturated heterocycles. The minimum absolute atomic E-state index is 0.284. The summed E-state index contributed by atoms with van der Waals surface area (Å²) in [6, 6.07) is 4.22. The van der Waals surface area contributed by atoms with Gasteiger partial charge in [0.05, 0.1) is 12.8 Å². The summed E-state index contributed by atoms with van der Waals surface area (Å²) in [6.07, 6.45) is 3.74. The Morgan fingerprint density at radius 1 is 1.35 bits per heavy atom. The minimum atomic E-state index is 0.284. The van der Waals surface area contributed by atoms with E-state index in [1.54, 1.807) is 12.3 Å². The second kappa shape index (κ2) is 7.17. The van der Waals surface area contributed by atoms with Crippen LogP contribution in [0.3, 0.4) is 0 Å². The number of halogens is 1. The van der Waals surface area contributed by atoms with E-state index in [-0.39, 0.29) is 5.92 Å². The van der Waals surface area contributed by atoms with E-state index in [4.69, 9.17) is 20.9 Å². The number of hydrogen-bond acceptors (Lipinski definition) is 6. The van der Waals surface area contributed by atoms with E-state index in [9.17, 15) is 0 Å². The van der Waals surface area contributed by atoms with Crippen LogP contribution in [0, 0.1) is 5.92 Å². The molecule has 23 heavy (non-hydrogen) atoms. The number of piperidine rings is 1. The lowest BCUT2D eigenvalue weighted by Crippen LogP contribution is -2.35. The highest BCUT2D eigenvalue weighted by molar-refractivity contribution is 6.29. The molecule has 0 amide bonds. The molecule has 0 N–H and O–H groups in total. The van der Waals surface area contributed by atoms with Crippen LogP contribution < -0.4 is 9.64 Å². The summed E-state index contributed by atoms with van der Waals surface area (Å²) in [5.74, 6) is 2.33. The third-order valence-electron chi connectivity index (χ3n) is 4.02. The van der Waals surface area contributed by atoms with Gasteiger partial charge in [0, 0.05) is 19.0 Å². The van der Waals surface area contributed by atoms with Crippen LogP contribution >= 0.6 is 11.6 Å². The number of pyridine rings is 1. The van der Waals surface area contributed by atoms with Crippen LogP contribution in [-0.4, -0.2) is 34.8 Å². The van der Waals surface area contributed by atoms with Gasteiger partial charge in [-0.25, -0.2) is 4.98 Å². The van der Waals surface area contributed by atoms with E-state index >= 15 is 0 Å². The van der Waals surface area contributed by atoms with E-state index in [1.807, 2.05) is 6.07 Å². The van der Waals surface area contributed by atoms with Crippen LogP contribution in [-0.2, 0) is 0 Å². The van der Waals surface area contributed by atoms with Crippen LogP contribution in [0.1, 0.15) is 38.4 Å². The summed E-state index contributed by atoms with van der Waals surface area (Å²) < 4.78 is 11.1. The van der Waals surface area contributed by atoms with Crippen molar-refractivity contribution in [2.45, 2.75) is 32.6 Å². The predicted molar refractivity (Wildman–Crippen MR) is 88.1 cm³/mol. The first-order chi connectivity index (χ1) is 11.1. The number of aromatic nitrogens is 3. The summed E-state index contributed by atoms with van der Waals surface area (Å²) in [5, 5.41) is 4.50. The molecule has 6 nitrogen and oxygen atoms in total. The van der Waals surface area contributed by atoms with Gasteiger partial charge in [-0.3, -0.25) is 0 Å². The van der Waals surface area contributed by atoms with Gasteiger partial charge in [0.1, 0.15) is 10.9 Å². The third kappa shape index (κ3) is 4.13. The largest absolute Gasteiger partial charge is 0.492 e. The van der Waals surface area contributed by atoms with Crippen LogP contribution in [0.2, 0.25) is 5.15 Å². The van der Waals surface area contributed by atoms with Gasteiger partial charge in [-0.05, 0) is 30.9 Å². The van der Waals surface area contributed by atoms with Crippen molar-refractivity contribution in [3.8, 4) is 5.75 Å². The van der Waals surface area contributed by atoms with Crippen molar-refractivity contribution < 1.29 is 9.26 Å². The maximum absolute atomic E-state index is 5.79. The maximum atomic E-state index is 5.79. The van der Waals surface area contributed by atoms with Gasteiger partial charge in [-0.1, -0.05) is 30.6 Å². The van der Waals surface area contributed by atoms with Crippen molar-refractivity contribution in [1.29, 1.82) is 0 Å². The van der Waals surface area contributed by atoms with Crippen LogP contribution in [0.5, 0.6) is 5.75 Å². The molecule has 7 heteroatoms. The fourth-order valence-corrected chi connectivity index (χ4v) is 2.65. The normalized spacial score (nSPS) is 16.1. The van der Waals surface area contributed by atoms with Crippen LogP contribution in [0.25, 0.3) is 0 Å². The summed E-state index contributed by atoms with van der Waals surface area (Å²) in [7, 11) is 0. The molecule has 3 heterocycles. The summed E-state index contributed by atoms with van der Waals surface area (Å²) >= 11 is 5.76. The van der Waals surface area contributed by atoms with Crippen LogP contribution in [0.15, 0.2) is 22.9 Å². The van der Waals surface area contributed by atoms with Gasteiger partial charge in [-0.15, -0.1) is 0 Å². The number of anilines is 1. The molecular formula is C16H21ClN4O2. The SMILES string of the molecule is CC(C)c1noc(N2CCC(COc3ccc(Cl)nc3)CC2)n1. The zero-order valence-electron chi connectivity index (χ0n) is 13.4. The molecule has 0 saturated carbocycles. The highest BCUT2D eigenvalue weighted by Gasteiger charge is 2.24. The Balaban J connectivity index is 1.47. The van der Waals surface area contributed by atoms with Gasteiger partial charge >= 0.3 is 6.01 Å². The molecule has 124 valence electrons. The molecule has 0 unspecified atom stereocenters. The Kier molecular flexibility index (Phi) is 5.00. The third-order valence-corrected chi connectivity index (χ3v) is 4.24. The van der Waals surface area contributed by atoms with Crippen molar-refractivity contribution in [1.82, 2.24) is 15.1 Å². The van der Waals surface area contributed by atoms with Gasteiger partial charge < -0.3 is 14.2 Å². The van der Waals surface area contributed by atoms with E-state index in [0.29, 0.717) is 23.7 Å². The topological polar surface area (TPSA) is 64.3 Å². The number of rotatable bonds is 5. The lowest BCUT2D eigenvalue weighted by atomic mass is 9.98. The molecular weight excluding hydrogens is 316 g/mol. The van der Waals surface area contributed by atoms with Gasteiger partial charge in [-0.2, -0.15) is 4.98 Å². The van der Waals surface area contributed by atoms with Crippen molar-refractivity contribution in [2.24, 2.45) is 5.92 Å². The van der Waals surface area contributed by atoms with Crippen molar-refractivity contribution in [3.63, 3.8) is 0 Å². The fraction of sp³-hybridized carbons (Fsp3) is 0.562. The average molecular weight is 337 g/mol. The number of ether oxygens (including phenoxy) is 1. The number of nitrogens with zero attached hydrogens (tertiary/aromatic N) is 4. The molecule has 2 aromatic rings. The standard InChI is InChI=1S/C16H21ClN4O2/c1-11(2)15-19-16(23-20-15)21-7-5-12(6-8-21)10-22-13-3-4-14(17)18-9-13/h3-4,9,11-12H,5-8,10H2,1-2H3. The van der Waals surface area contributed by atoms with E-state index in [2.05, 4.69) is 33.9 Å². The second-order valence-electron chi connectivity index (χ2n) is 6.15. The second-order valence-corrected chi connectivity index (χ2v) is 6.54. The summed E-state index contributed by atoms with van der Waals surface area (Å²) in [5.41, 5.74) is 0. The molecule has 2 aromatic heterocycles. The maximum Gasteiger partial charge on any atom is 0.324 e. The monoisotopic (exact) mass is 336 g/mol. The molecule has 0 spiro atoms. The fourth-order valence-electron chi connectivity index (χ4n) is 2.54. The number of hydrogen-bond donors (Lipinski definition) is 0. The molecule has 1 aliphatic rings. The van der Waals surface area contributed by atoms with E-state index < -0.39 is 0 Å². The molecule has 1 fully saturated rings. The summed E-state index contributed by atoms with van der Waals surface area (Å²) in [4.78, 5) is 10.6. The predicted octanol–water partition coefficient (Wildman–Crippen LogP) is 3.54. The van der Waals surface area contributed by atoms with Gasteiger partial charge in [0.15, 0.2) is 5.82 Å². The lowest BCUT2D eigenvalue weighted by molar-refractivity contribution is 0.219. The quantitative estimate of drug-likeness (QED) is 0.778. The molecule has 0 aromatic carbocycles. The average Bonchev–Trinajstić information content (AvgIpc) is 3.05. The Hall–Kier alpha value is -1.82. The highest BCUT2D eigenvalue weighted by atomic mass is 35.5. The minimum Gasteiger partial charge on any atom is -0.492 e.